The summed E-state index contributed by atoms with van der Waals surface area (Å²) in [5, 5.41) is 198. The molecular weight excluding hydrogens is 1780 g/mol. The maximum atomic E-state index is 15.6. The summed E-state index contributed by atoms with van der Waals surface area (Å²) < 4.78 is 0. The molecule has 13 atom stereocenters. The van der Waals surface area contributed by atoms with Gasteiger partial charge in [0.05, 0.1) is 6.42 Å². The smallest absolute Gasteiger partial charge is 0.326 e. The van der Waals surface area contributed by atoms with Gasteiger partial charge in [-0.25, -0.2) is 4.79 Å². The van der Waals surface area contributed by atoms with E-state index in [9.17, 15) is 115 Å². The van der Waals surface area contributed by atoms with E-state index < -0.39 is 265 Å². The predicted octanol–water partition coefficient (Wildman–Crippen LogP) is 2.84. The minimum atomic E-state index is -2.31. The van der Waals surface area contributed by atoms with Gasteiger partial charge >= 0.3 is 11.9 Å². The normalized spacial score (nSPS) is 13.9. The molecule has 710 valence electrons. The Labute approximate surface area is 770 Å². The molecule has 0 radical (unpaired) electrons. The molecule has 0 unspecified atom stereocenters. The number of carboxylic acids is 2. The highest BCUT2D eigenvalue weighted by molar-refractivity contribution is 6.02. The van der Waals surface area contributed by atoms with E-state index in [1.807, 2.05) is 0 Å². The minimum Gasteiger partial charge on any atom is -0.508 e. The number of aliphatic carboxylic acids is 2. The van der Waals surface area contributed by atoms with Crippen LogP contribution >= 0.6 is 0 Å². The van der Waals surface area contributed by atoms with Crippen LogP contribution in [0.4, 0.5) is 0 Å². The van der Waals surface area contributed by atoms with Gasteiger partial charge in [-0.2, -0.15) is 0 Å². The van der Waals surface area contributed by atoms with E-state index in [2.05, 4.69) is 63.8 Å². The molecule has 0 spiro atoms. The van der Waals surface area contributed by atoms with Crippen molar-refractivity contribution < 1.29 is 149 Å². The monoisotopic (exact) mass is 1870 g/mol. The summed E-state index contributed by atoms with van der Waals surface area (Å²) in [6, 6.07) is 12.9. The fourth-order valence-electron chi connectivity index (χ4n) is 14.1. The Bertz CT molecular complexity index is 6050. The summed E-state index contributed by atoms with van der Waals surface area (Å²) >= 11 is 0. The third-order valence-electron chi connectivity index (χ3n) is 20.8. The molecular formula is C93H93N13O30. The van der Waals surface area contributed by atoms with Crippen molar-refractivity contribution in [2.24, 2.45) is 11.7 Å². The van der Waals surface area contributed by atoms with Crippen LogP contribution in [0.25, 0.3) is 0 Å². The lowest BCUT2D eigenvalue weighted by Gasteiger charge is -2.30. The van der Waals surface area contributed by atoms with Crippen LogP contribution in [0.2, 0.25) is 0 Å². The lowest BCUT2D eigenvalue weighted by molar-refractivity contribution is -0.147. The van der Waals surface area contributed by atoms with Crippen molar-refractivity contribution >= 4 is 82.8 Å². The van der Waals surface area contributed by atoms with Crippen molar-refractivity contribution in [1.82, 2.24) is 63.8 Å². The highest BCUT2D eigenvalue weighted by Gasteiger charge is 2.41. The highest BCUT2D eigenvalue weighted by atomic mass is 16.4. The summed E-state index contributed by atoms with van der Waals surface area (Å²) in [7, 11) is 0. The largest absolute Gasteiger partial charge is 0.508 e. The van der Waals surface area contributed by atoms with E-state index in [1.54, 1.807) is 18.2 Å². The molecule has 136 heavy (non-hydrogen) atoms. The predicted molar refractivity (Wildman–Crippen MR) is 474 cm³/mol. The Morgan fingerprint density at radius 2 is 0.485 bits per heavy atom. The van der Waals surface area contributed by atoms with Crippen LogP contribution in [-0.4, -0.2) is 189 Å². The summed E-state index contributed by atoms with van der Waals surface area (Å²) in [4.78, 5) is 203. The van der Waals surface area contributed by atoms with Crippen LogP contribution in [-0.2, 0) is 73.5 Å². The van der Waals surface area contributed by atoms with Gasteiger partial charge in [0.15, 0.2) is 0 Å². The van der Waals surface area contributed by atoms with Gasteiger partial charge in [0.1, 0.15) is 159 Å². The first kappa shape index (κ1) is 100. The number of phenolic OH excluding ortho intramolecular Hbond substituents is 14. The number of benzene rings is 10. The second kappa shape index (κ2) is 44.5. The molecule has 0 aliphatic heterocycles. The quantitative estimate of drug-likeness (QED) is 0.0263. The van der Waals surface area contributed by atoms with Gasteiger partial charge in [0, 0.05) is 36.8 Å². The first-order valence-electron chi connectivity index (χ1n) is 41.0. The molecule has 0 fully saturated rings. The molecule has 10 rings (SSSR count). The zero-order chi connectivity index (χ0) is 99.4. The standard InChI is InChI=1S/C93H93N13O30/c1-42(2)72(84(126)104-79(52-32-64(117)39-65(118)33-52)91(133)101-73(46-11-19-55(108)20-12-46)86(128)96-68(25-44-7-5-4-6-8-44)82(124)97-69(93(135)136)41-70(121)122)98-89(131)78(51-30-62(115)38-63(116)31-51)105-87(129)75(48-15-23-57(110)24-16-48)103-92(134)80(53-34-66(119)40-67(120)35-53)106-88(130)74(47-13-21-56(109)22-14-47)102-90(132)77(50-28-60(113)37-61(114)29-50)99-81(123)43(3)95-85(127)76(49-26-58(111)36-59(112)27-49)100-83(125)71(94)45-9-17-54(107)18-10-45/h4-24,26-40,42-43,68-69,71-80,107-120H,25,41,94H2,1-3H3,(H,95,127)(H,96,128)(H,97,124)(H,98,131)(H,99,123)(H,100,125)(H,101,133)(H,102,132)(H,103,134)(H,104,126)(H,105,129)(H,106,130)(H,121,122)(H,135,136)/t43-,68-,69-,71+,72-,73-,74-,75-,76+,77+,78+,79+,80+/m0/s1. The Morgan fingerprint density at radius 3 is 0.772 bits per heavy atom. The van der Waals surface area contributed by atoms with Gasteiger partial charge in [-0.15, -0.1) is 0 Å². The van der Waals surface area contributed by atoms with E-state index in [4.69, 9.17) is 5.73 Å². The van der Waals surface area contributed by atoms with Crippen LogP contribution < -0.4 is 69.5 Å². The number of nitrogens with two attached hydrogens (primary N) is 1. The average Bonchev–Trinajstić information content (AvgIpc) is 0.789. The zero-order valence-corrected chi connectivity index (χ0v) is 71.7. The third-order valence-corrected chi connectivity index (χ3v) is 20.8. The first-order valence-corrected chi connectivity index (χ1v) is 41.0. The summed E-state index contributed by atoms with van der Waals surface area (Å²) in [6.07, 6.45) is -1.49. The van der Waals surface area contributed by atoms with E-state index in [0.717, 1.165) is 171 Å². The molecule has 43 nitrogen and oxygen atoms in total. The van der Waals surface area contributed by atoms with Crippen LogP contribution in [0.1, 0.15) is 137 Å². The van der Waals surface area contributed by atoms with Gasteiger partial charge in [0.25, 0.3) is 0 Å². The number of hydrogen-bond donors (Lipinski definition) is 29. The van der Waals surface area contributed by atoms with Gasteiger partial charge in [-0.3, -0.25) is 62.3 Å². The first-order chi connectivity index (χ1) is 64.3. The van der Waals surface area contributed by atoms with Crippen LogP contribution in [0.15, 0.2) is 218 Å². The molecule has 0 bridgehead atoms. The number of carbonyl (C=O) groups excluding carboxylic acids is 12. The lowest BCUT2D eigenvalue weighted by Crippen LogP contribution is -2.56. The van der Waals surface area contributed by atoms with Gasteiger partial charge < -0.3 is 151 Å². The molecule has 10 aromatic rings. The van der Waals surface area contributed by atoms with Crippen molar-refractivity contribution in [2.45, 2.75) is 112 Å². The summed E-state index contributed by atoms with van der Waals surface area (Å²) in [5.41, 5.74) is 3.94. The molecule has 10 aromatic carbocycles. The van der Waals surface area contributed by atoms with Crippen molar-refractivity contribution in [3.63, 3.8) is 0 Å². The Hall–Kier alpha value is -18.1. The van der Waals surface area contributed by atoms with Crippen molar-refractivity contribution in [1.29, 1.82) is 0 Å². The number of carboxylic acid groups (broad SMARTS) is 2. The van der Waals surface area contributed by atoms with Crippen LogP contribution in [0, 0.1) is 5.92 Å². The lowest BCUT2D eigenvalue weighted by atomic mass is 9.98. The Balaban J connectivity index is 0.947. The third kappa shape index (κ3) is 27.1. The SMILES string of the molecule is CC(C)[C@H](NC(=O)[C@H](NC(=O)[C@@H](NC(=O)[C@H](NC(=O)[C@@H](NC(=O)[C@H](NC(=O)[C@H](C)NC(=O)[C@H](NC(=O)[C@H](N)c1ccc(O)cc1)c1cc(O)cc(O)c1)c1cc(O)cc(O)c1)c1ccc(O)cc1)c1cc(O)cc(O)c1)c1ccc(O)cc1)c1cc(O)cc(O)c1)C(=O)N[C@@H](C(=O)N[C@H](C(=O)N[C@@H](Cc1ccccc1)C(=O)N[C@@H](CC(=O)O)C(=O)O)c1ccc(O)cc1)c1cc(O)cc(O)c1. The average molecular weight is 1870 g/mol. The molecule has 12 amide bonds. The molecule has 0 aliphatic carbocycles. The molecule has 0 heterocycles. The van der Waals surface area contributed by atoms with Crippen LogP contribution in [0.3, 0.4) is 0 Å². The molecule has 0 aliphatic rings. The molecule has 0 saturated heterocycles. The Morgan fingerprint density at radius 1 is 0.243 bits per heavy atom. The van der Waals surface area contributed by atoms with E-state index >= 15 is 33.6 Å². The topological polar surface area (TPSA) is 733 Å². The van der Waals surface area contributed by atoms with E-state index in [-0.39, 0.29) is 45.7 Å². The van der Waals surface area contributed by atoms with Crippen molar-refractivity contribution in [2.75, 3.05) is 0 Å². The molecule has 0 aromatic heterocycles. The number of aromatic hydroxyl groups is 14. The van der Waals surface area contributed by atoms with Gasteiger partial charge in [0.2, 0.25) is 70.9 Å². The fraction of sp³-hybridized carbons (Fsp3) is 0.204. The number of amides is 12. The number of rotatable bonds is 39. The number of phenols is 14. The minimum absolute atomic E-state index is 0.144. The van der Waals surface area contributed by atoms with E-state index in [1.165, 1.54) is 50.2 Å². The summed E-state index contributed by atoms with van der Waals surface area (Å²) in [5.74, 6) is -28.8. The zero-order valence-electron chi connectivity index (χ0n) is 71.7. The Kier molecular flexibility index (Phi) is 32.8. The van der Waals surface area contributed by atoms with Gasteiger partial charge in [-0.05, 0) is 178 Å². The number of hydrogen-bond acceptors (Lipinski definition) is 29. The van der Waals surface area contributed by atoms with E-state index in [0.29, 0.717) is 5.56 Å². The maximum absolute atomic E-state index is 15.6. The highest BCUT2D eigenvalue weighted by Crippen LogP contribution is 2.35. The van der Waals surface area contributed by atoms with Crippen molar-refractivity contribution in [3.8, 4) is 80.5 Å². The number of nitrogens with one attached hydrogen (secondary N) is 12. The second-order valence-corrected chi connectivity index (χ2v) is 31.5. The second-order valence-electron chi connectivity index (χ2n) is 31.5. The number of carbonyl (C=O) groups is 14. The van der Waals surface area contributed by atoms with Crippen molar-refractivity contribution in [3.05, 3.63) is 274 Å². The maximum Gasteiger partial charge on any atom is 0.326 e. The molecule has 0 saturated carbocycles. The summed E-state index contributed by atoms with van der Waals surface area (Å²) in [6.45, 7) is 3.82. The van der Waals surface area contributed by atoms with Gasteiger partial charge in [-0.1, -0.05) is 92.7 Å². The molecule has 43 heteroatoms. The van der Waals surface area contributed by atoms with Crippen LogP contribution in [0.5, 0.6) is 80.5 Å². The molecule has 30 N–H and O–H groups in total. The fourth-order valence-corrected chi connectivity index (χ4v) is 14.1.